The first-order valence-electron chi connectivity index (χ1n) is 5.53. The highest BCUT2D eigenvalue weighted by molar-refractivity contribution is 5.58. The smallest absolute Gasteiger partial charge is 0.322 e. The van der Waals surface area contributed by atoms with Crippen LogP contribution in [0, 0.1) is 6.92 Å². The highest BCUT2D eigenvalue weighted by atomic mass is 16.5. The van der Waals surface area contributed by atoms with Crippen molar-refractivity contribution < 1.29 is 4.74 Å². The molecule has 18 heavy (non-hydrogen) atoms. The van der Waals surface area contributed by atoms with Crippen molar-refractivity contribution in [1.82, 2.24) is 15.0 Å². The summed E-state index contributed by atoms with van der Waals surface area (Å²) < 4.78 is 5.02. The molecule has 0 bridgehead atoms. The summed E-state index contributed by atoms with van der Waals surface area (Å²) in [5.74, 6) is 0.901. The van der Waals surface area contributed by atoms with E-state index in [2.05, 4.69) is 25.6 Å². The summed E-state index contributed by atoms with van der Waals surface area (Å²) in [7, 11) is 3.26. The largest absolute Gasteiger partial charge is 0.467 e. The van der Waals surface area contributed by atoms with Crippen LogP contribution in [0.2, 0.25) is 0 Å². The quantitative estimate of drug-likeness (QED) is 0.858. The summed E-state index contributed by atoms with van der Waals surface area (Å²) in [5.41, 5.74) is 2.07. The molecule has 0 saturated carbocycles. The van der Waals surface area contributed by atoms with Crippen LogP contribution < -0.4 is 15.4 Å². The molecule has 0 aliphatic heterocycles. The number of nitrogens with one attached hydrogen (secondary N) is 2. The molecule has 0 radical (unpaired) electrons. The molecular weight excluding hydrogens is 230 g/mol. The van der Waals surface area contributed by atoms with Crippen molar-refractivity contribution in [1.29, 1.82) is 0 Å². The monoisotopic (exact) mass is 245 g/mol. The second-order valence-electron chi connectivity index (χ2n) is 3.66. The number of hydrogen-bond acceptors (Lipinski definition) is 6. The fourth-order valence-corrected chi connectivity index (χ4v) is 1.45. The summed E-state index contributed by atoms with van der Waals surface area (Å²) in [4.78, 5) is 12.4. The molecule has 94 valence electrons. The van der Waals surface area contributed by atoms with Gasteiger partial charge in [0.05, 0.1) is 7.11 Å². The number of anilines is 3. The van der Waals surface area contributed by atoms with E-state index in [1.807, 2.05) is 31.2 Å². The van der Waals surface area contributed by atoms with Gasteiger partial charge in [0.1, 0.15) is 0 Å². The van der Waals surface area contributed by atoms with Crippen molar-refractivity contribution in [3.63, 3.8) is 0 Å². The van der Waals surface area contributed by atoms with E-state index in [0.717, 1.165) is 11.3 Å². The number of nitrogens with zero attached hydrogens (tertiary/aromatic N) is 3. The molecule has 2 N–H and O–H groups in total. The molecule has 0 aliphatic carbocycles. The van der Waals surface area contributed by atoms with Crippen molar-refractivity contribution in [3.8, 4) is 6.01 Å². The minimum Gasteiger partial charge on any atom is -0.467 e. The van der Waals surface area contributed by atoms with Gasteiger partial charge < -0.3 is 15.4 Å². The van der Waals surface area contributed by atoms with E-state index in [0.29, 0.717) is 11.9 Å². The zero-order valence-electron chi connectivity index (χ0n) is 10.6. The van der Waals surface area contributed by atoms with E-state index in [9.17, 15) is 0 Å². The van der Waals surface area contributed by atoms with Crippen LogP contribution in [0.15, 0.2) is 24.3 Å². The predicted octanol–water partition coefficient (Wildman–Crippen LogP) is 1.97. The lowest BCUT2D eigenvalue weighted by molar-refractivity contribution is 0.379. The first-order valence-corrected chi connectivity index (χ1v) is 5.53. The summed E-state index contributed by atoms with van der Waals surface area (Å²) in [6.45, 7) is 2.01. The van der Waals surface area contributed by atoms with Crippen LogP contribution in [-0.2, 0) is 0 Å². The Bertz CT molecular complexity index is 521. The van der Waals surface area contributed by atoms with Crippen LogP contribution in [0.25, 0.3) is 0 Å². The number of methoxy groups -OCH3 is 1. The summed E-state index contributed by atoms with van der Waals surface area (Å²) in [6.07, 6.45) is 0. The molecule has 0 saturated heterocycles. The molecule has 2 rings (SSSR count). The Morgan fingerprint density at radius 3 is 2.44 bits per heavy atom. The van der Waals surface area contributed by atoms with Crippen LogP contribution >= 0.6 is 0 Å². The number of ether oxygens (including phenoxy) is 1. The maximum absolute atomic E-state index is 5.02. The zero-order valence-corrected chi connectivity index (χ0v) is 10.6. The molecule has 0 fully saturated rings. The van der Waals surface area contributed by atoms with Crippen molar-refractivity contribution >= 4 is 17.6 Å². The molecule has 6 nitrogen and oxygen atoms in total. The molecule has 0 amide bonds. The Kier molecular flexibility index (Phi) is 3.57. The SMILES string of the molecule is CNc1nc(Nc2ccccc2C)nc(OC)n1. The number of rotatable bonds is 4. The highest BCUT2D eigenvalue weighted by Crippen LogP contribution is 2.19. The summed E-state index contributed by atoms with van der Waals surface area (Å²) >= 11 is 0. The van der Waals surface area contributed by atoms with Gasteiger partial charge in [-0.2, -0.15) is 15.0 Å². The van der Waals surface area contributed by atoms with Crippen LogP contribution in [-0.4, -0.2) is 29.1 Å². The van der Waals surface area contributed by atoms with Crippen molar-refractivity contribution in [3.05, 3.63) is 29.8 Å². The third kappa shape index (κ3) is 2.65. The second kappa shape index (κ2) is 5.31. The van der Waals surface area contributed by atoms with Gasteiger partial charge >= 0.3 is 6.01 Å². The Hall–Kier alpha value is -2.37. The lowest BCUT2D eigenvalue weighted by Crippen LogP contribution is -2.05. The van der Waals surface area contributed by atoms with Crippen LogP contribution in [0.1, 0.15) is 5.56 Å². The molecule has 1 heterocycles. The first-order chi connectivity index (χ1) is 8.72. The van der Waals surface area contributed by atoms with E-state index in [1.54, 1.807) is 7.05 Å². The molecule has 0 atom stereocenters. The third-order valence-corrected chi connectivity index (χ3v) is 2.41. The summed E-state index contributed by atoms with van der Waals surface area (Å²) in [6, 6.07) is 8.18. The zero-order chi connectivity index (χ0) is 13.0. The van der Waals surface area contributed by atoms with Crippen molar-refractivity contribution in [2.24, 2.45) is 0 Å². The highest BCUT2D eigenvalue weighted by Gasteiger charge is 2.06. The normalized spacial score (nSPS) is 9.94. The van der Waals surface area contributed by atoms with Gasteiger partial charge in [-0.3, -0.25) is 0 Å². The maximum atomic E-state index is 5.02. The molecule has 1 aromatic carbocycles. The average molecular weight is 245 g/mol. The minimum absolute atomic E-state index is 0.269. The number of para-hydroxylation sites is 1. The predicted molar refractivity (Wildman–Crippen MR) is 70.4 cm³/mol. The minimum atomic E-state index is 0.269. The number of aryl methyl sites for hydroxylation is 1. The Labute approximate surface area is 105 Å². The molecular formula is C12H15N5O. The van der Waals surface area contributed by atoms with Gasteiger partial charge in [0, 0.05) is 12.7 Å². The van der Waals surface area contributed by atoms with E-state index < -0.39 is 0 Å². The van der Waals surface area contributed by atoms with Gasteiger partial charge in [0.15, 0.2) is 0 Å². The van der Waals surface area contributed by atoms with Crippen LogP contribution in [0.5, 0.6) is 6.01 Å². The van der Waals surface area contributed by atoms with Gasteiger partial charge in [-0.05, 0) is 18.6 Å². The number of benzene rings is 1. The Morgan fingerprint density at radius 1 is 1.06 bits per heavy atom. The topological polar surface area (TPSA) is 72.0 Å². The fourth-order valence-electron chi connectivity index (χ4n) is 1.45. The summed E-state index contributed by atoms with van der Waals surface area (Å²) in [5, 5.41) is 6.00. The maximum Gasteiger partial charge on any atom is 0.322 e. The number of aromatic nitrogens is 3. The lowest BCUT2D eigenvalue weighted by Gasteiger charge is -2.09. The molecule has 6 heteroatoms. The van der Waals surface area contributed by atoms with E-state index in [1.165, 1.54) is 7.11 Å². The van der Waals surface area contributed by atoms with E-state index in [4.69, 9.17) is 4.74 Å². The number of hydrogen-bond donors (Lipinski definition) is 2. The Morgan fingerprint density at radius 2 is 1.78 bits per heavy atom. The van der Waals surface area contributed by atoms with Gasteiger partial charge in [0.25, 0.3) is 0 Å². The van der Waals surface area contributed by atoms with Crippen LogP contribution in [0.3, 0.4) is 0 Å². The van der Waals surface area contributed by atoms with Crippen LogP contribution in [0.4, 0.5) is 17.6 Å². The fraction of sp³-hybridized carbons (Fsp3) is 0.250. The molecule has 0 spiro atoms. The second-order valence-corrected chi connectivity index (χ2v) is 3.66. The first kappa shape index (κ1) is 12.1. The lowest BCUT2D eigenvalue weighted by atomic mass is 10.2. The van der Waals surface area contributed by atoms with Crippen molar-refractivity contribution in [2.75, 3.05) is 24.8 Å². The van der Waals surface area contributed by atoms with Gasteiger partial charge in [-0.15, -0.1) is 0 Å². The average Bonchev–Trinajstić information content (AvgIpc) is 2.41. The van der Waals surface area contributed by atoms with Crippen molar-refractivity contribution in [2.45, 2.75) is 6.92 Å². The van der Waals surface area contributed by atoms with Gasteiger partial charge in [0.2, 0.25) is 11.9 Å². The molecule has 1 aromatic heterocycles. The third-order valence-electron chi connectivity index (χ3n) is 2.41. The van der Waals surface area contributed by atoms with Gasteiger partial charge in [-0.1, -0.05) is 18.2 Å². The standard InChI is InChI=1S/C12H15N5O/c1-8-6-4-5-7-9(8)14-11-15-10(13-2)16-12(17-11)18-3/h4-7H,1-3H3,(H2,13,14,15,16,17). The molecule has 2 aromatic rings. The molecule has 0 unspecified atom stereocenters. The Balaban J connectivity index is 2.31. The van der Waals surface area contributed by atoms with Gasteiger partial charge in [-0.25, -0.2) is 0 Å². The van der Waals surface area contributed by atoms with E-state index >= 15 is 0 Å². The van der Waals surface area contributed by atoms with E-state index in [-0.39, 0.29) is 6.01 Å². The molecule has 0 aliphatic rings.